The van der Waals surface area contributed by atoms with Crippen LogP contribution in [0.25, 0.3) is 0 Å². The van der Waals surface area contributed by atoms with E-state index in [1.165, 1.54) is 0 Å². The molecular weight excluding hydrogens is 274 g/mol. The first-order chi connectivity index (χ1) is 10.1. The van der Waals surface area contributed by atoms with Crippen LogP contribution in [-0.4, -0.2) is 38.4 Å². The van der Waals surface area contributed by atoms with E-state index in [1.807, 2.05) is 19.1 Å². The van der Waals surface area contributed by atoms with E-state index >= 15 is 0 Å². The molecule has 0 fully saturated rings. The first-order valence-corrected chi connectivity index (χ1v) is 6.62. The van der Waals surface area contributed by atoms with Gasteiger partial charge in [0, 0.05) is 30.3 Å². The molecule has 7 heteroatoms. The van der Waals surface area contributed by atoms with Crippen molar-refractivity contribution < 1.29 is 19.4 Å². The van der Waals surface area contributed by atoms with Gasteiger partial charge in [-0.15, -0.1) is 0 Å². The van der Waals surface area contributed by atoms with Crippen LogP contribution in [0.1, 0.15) is 19.8 Å². The van der Waals surface area contributed by atoms with Gasteiger partial charge in [-0.05, 0) is 6.42 Å². The van der Waals surface area contributed by atoms with Crippen molar-refractivity contribution in [2.75, 3.05) is 26.6 Å². The average Bonchev–Trinajstić information content (AvgIpc) is 2.52. The fraction of sp³-hybridized carbons (Fsp3) is 0.500. The highest BCUT2D eigenvalue weighted by Gasteiger charge is 2.15. The Labute approximate surface area is 124 Å². The molecule has 1 rings (SSSR count). The van der Waals surface area contributed by atoms with Crippen molar-refractivity contribution in [3.63, 3.8) is 0 Å². The number of ether oxygens (including phenoxy) is 3. The predicted octanol–water partition coefficient (Wildman–Crippen LogP) is 2.04. The second-order valence-electron chi connectivity index (χ2n) is 4.46. The SMILES string of the molecule is CCC(CC(N)=NO)Nc1cc(OC)c(OC)c(OC)c1. The number of hydrogen-bond acceptors (Lipinski definition) is 6. The van der Waals surface area contributed by atoms with Crippen LogP contribution in [-0.2, 0) is 0 Å². The molecule has 0 saturated heterocycles. The molecular formula is C14H23N3O4. The van der Waals surface area contributed by atoms with E-state index in [-0.39, 0.29) is 11.9 Å². The number of rotatable bonds is 8. The van der Waals surface area contributed by atoms with Crippen LogP contribution in [0.15, 0.2) is 17.3 Å². The molecule has 1 atom stereocenters. The Balaban J connectivity index is 3.01. The fourth-order valence-corrected chi connectivity index (χ4v) is 1.99. The van der Waals surface area contributed by atoms with Crippen LogP contribution in [0, 0.1) is 0 Å². The highest BCUT2D eigenvalue weighted by atomic mass is 16.5. The van der Waals surface area contributed by atoms with E-state index in [0.717, 1.165) is 12.1 Å². The number of amidine groups is 1. The van der Waals surface area contributed by atoms with Crippen molar-refractivity contribution >= 4 is 11.5 Å². The van der Waals surface area contributed by atoms with Gasteiger partial charge in [0.25, 0.3) is 0 Å². The lowest BCUT2D eigenvalue weighted by atomic mass is 10.1. The second kappa shape index (κ2) is 8.08. The minimum atomic E-state index is 0.0312. The van der Waals surface area contributed by atoms with Crippen LogP contribution in [0.3, 0.4) is 0 Å². The fourth-order valence-electron chi connectivity index (χ4n) is 1.99. The summed E-state index contributed by atoms with van der Waals surface area (Å²) < 4.78 is 15.9. The Morgan fingerprint density at radius 2 is 1.81 bits per heavy atom. The summed E-state index contributed by atoms with van der Waals surface area (Å²) in [6.45, 7) is 2.01. The van der Waals surface area contributed by atoms with Gasteiger partial charge in [-0.3, -0.25) is 0 Å². The van der Waals surface area contributed by atoms with Gasteiger partial charge in [0.05, 0.1) is 21.3 Å². The molecule has 0 amide bonds. The van der Waals surface area contributed by atoms with E-state index in [4.69, 9.17) is 25.2 Å². The Hall–Kier alpha value is -2.31. The topological polar surface area (TPSA) is 98.3 Å². The van der Waals surface area contributed by atoms with Gasteiger partial charge in [-0.25, -0.2) is 0 Å². The Morgan fingerprint density at radius 3 is 2.19 bits per heavy atom. The average molecular weight is 297 g/mol. The highest BCUT2D eigenvalue weighted by molar-refractivity contribution is 5.80. The first-order valence-electron chi connectivity index (χ1n) is 6.62. The maximum Gasteiger partial charge on any atom is 0.203 e. The number of nitrogens with two attached hydrogens (primary N) is 1. The molecule has 0 spiro atoms. The molecule has 21 heavy (non-hydrogen) atoms. The molecule has 0 aliphatic heterocycles. The molecule has 0 saturated carbocycles. The molecule has 0 aliphatic carbocycles. The lowest BCUT2D eigenvalue weighted by molar-refractivity contribution is 0.316. The van der Waals surface area contributed by atoms with Gasteiger partial charge >= 0.3 is 0 Å². The number of hydrogen-bond donors (Lipinski definition) is 3. The molecule has 1 aromatic rings. The number of nitrogens with zero attached hydrogens (tertiary/aromatic N) is 1. The quantitative estimate of drug-likeness (QED) is 0.294. The molecule has 0 aromatic heterocycles. The van der Waals surface area contributed by atoms with Crippen LogP contribution in [0.5, 0.6) is 17.2 Å². The van der Waals surface area contributed by atoms with E-state index in [2.05, 4.69) is 10.5 Å². The summed E-state index contributed by atoms with van der Waals surface area (Å²) in [6, 6.07) is 3.66. The third-order valence-corrected chi connectivity index (χ3v) is 3.11. The Bertz CT molecular complexity index is 466. The van der Waals surface area contributed by atoms with E-state index in [1.54, 1.807) is 21.3 Å². The zero-order valence-electron chi connectivity index (χ0n) is 12.8. The monoisotopic (exact) mass is 297 g/mol. The number of anilines is 1. The van der Waals surface area contributed by atoms with Crippen LogP contribution in [0.2, 0.25) is 0 Å². The minimum absolute atomic E-state index is 0.0312. The van der Waals surface area contributed by atoms with Crippen molar-refractivity contribution in [1.29, 1.82) is 0 Å². The Kier molecular flexibility index (Phi) is 6.45. The molecule has 118 valence electrons. The van der Waals surface area contributed by atoms with Gasteiger partial charge < -0.3 is 30.5 Å². The van der Waals surface area contributed by atoms with Gasteiger partial charge in [0.1, 0.15) is 5.84 Å². The van der Waals surface area contributed by atoms with E-state index in [0.29, 0.717) is 23.7 Å². The van der Waals surface area contributed by atoms with Crippen LogP contribution in [0.4, 0.5) is 5.69 Å². The number of methoxy groups -OCH3 is 3. The summed E-state index contributed by atoms with van der Waals surface area (Å²) in [5.41, 5.74) is 6.36. The second-order valence-corrected chi connectivity index (χ2v) is 4.46. The zero-order valence-corrected chi connectivity index (χ0v) is 12.8. The van der Waals surface area contributed by atoms with E-state index in [9.17, 15) is 0 Å². The van der Waals surface area contributed by atoms with Crippen molar-refractivity contribution in [3.05, 3.63) is 12.1 Å². The van der Waals surface area contributed by atoms with Gasteiger partial charge in [-0.2, -0.15) is 0 Å². The summed E-state index contributed by atoms with van der Waals surface area (Å²) in [4.78, 5) is 0. The molecule has 0 heterocycles. The summed E-state index contributed by atoms with van der Waals surface area (Å²) >= 11 is 0. The Morgan fingerprint density at radius 1 is 1.24 bits per heavy atom. The van der Waals surface area contributed by atoms with Crippen LogP contribution >= 0.6 is 0 Å². The number of oxime groups is 1. The lowest BCUT2D eigenvalue weighted by Crippen LogP contribution is -2.26. The molecule has 0 bridgehead atoms. The van der Waals surface area contributed by atoms with Gasteiger partial charge in [0.2, 0.25) is 5.75 Å². The molecule has 0 aliphatic rings. The van der Waals surface area contributed by atoms with Crippen molar-refractivity contribution in [2.24, 2.45) is 10.9 Å². The summed E-state index contributed by atoms with van der Waals surface area (Å²) in [6.07, 6.45) is 1.25. The minimum Gasteiger partial charge on any atom is -0.493 e. The predicted molar refractivity (Wildman–Crippen MR) is 81.8 cm³/mol. The van der Waals surface area contributed by atoms with Crippen molar-refractivity contribution in [2.45, 2.75) is 25.8 Å². The molecule has 4 N–H and O–H groups in total. The standard InChI is InChI=1S/C14H23N3O4/c1-5-9(8-13(15)17-18)16-10-6-11(19-2)14(21-4)12(7-10)20-3/h6-7,9,16,18H,5,8H2,1-4H3,(H2,15,17). The number of nitrogens with one attached hydrogen (secondary N) is 1. The smallest absolute Gasteiger partial charge is 0.203 e. The number of benzene rings is 1. The maximum atomic E-state index is 8.66. The molecule has 0 radical (unpaired) electrons. The van der Waals surface area contributed by atoms with Gasteiger partial charge in [-0.1, -0.05) is 12.1 Å². The van der Waals surface area contributed by atoms with Crippen molar-refractivity contribution in [1.82, 2.24) is 0 Å². The summed E-state index contributed by atoms with van der Waals surface area (Å²) in [7, 11) is 4.68. The first kappa shape index (κ1) is 16.7. The van der Waals surface area contributed by atoms with Crippen LogP contribution < -0.4 is 25.3 Å². The lowest BCUT2D eigenvalue weighted by Gasteiger charge is -2.20. The maximum absolute atomic E-state index is 8.66. The van der Waals surface area contributed by atoms with E-state index < -0.39 is 0 Å². The molecule has 7 nitrogen and oxygen atoms in total. The third kappa shape index (κ3) is 4.34. The zero-order chi connectivity index (χ0) is 15.8. The molecule has 1 unspecified atom stereocenters. The molecule has 1 aromatic carbocycles. The highest BCUT2D eigenvalue weighted by Crippen LogP contribution is 2.40. The summed E-state index contributed by atoms with van der Waals surface area (Å²) in [5.74, 6) is 1.85. The van der Waals surface area contributed by atoms with Gasteiger partial charge in [0.15, 0.2) is 11.5 Å². The normalized spacial score (nSPS) is 12.7. The third-order valence-electron chi connectivity index (χ3n) is 3.11. The largest absolute Gasteiger partial charge is 0.493 e. The summed E-state index contributed by atoms with van der Waals surface area (Å²) in [5, 5.41) is 15.0. The van der Waals surface area contributed by atoms with Crippen molar-refractivity contribution in [3.8, 4) is 17.2 Å².